The highest BCUT2D eigenvalue weighted by molar-refractivity contribution is 8.00. The molecule has 1 amide bonds. The van der Waals surface area contributed by atoms with Crippen molar-refractivity contribution in [2.75, 3.05) is 39.5 Å². The molecule has 0 aromatic carbocycles. The van der Waals surface area contributed by atoms with Gasteiger partial charge in [-0.3, -0.25) is 14.8 Å². The van der Waals surface area contributed by atoms with Gasteiger partial charge in [0.05, 0.1) is 6.54 Å². The fraction of sp³-hybridized carbons (Fsp3) is 0.611. The molecule has 2 heterocycles. The Hall–Kier alpha value is -1.76. The Balaban J connectivity index is 1.69. The van der Waals surface area contributed by atoms with Crippen LogP contribution in [0.3, 0.4) is 0 Å². The average Bonchev–Trinajstić information content (AvgIpc) is 3.07. The Morgan fingerprint density at radius 3 is 2.92 bits per heavy atom. The molecule has 1 aromatic heterocycles. The number of thioether (sulfide) groups is 1. The van der Waals surface area contributed by atoms with Gasteiger partial charge in [-0.2, -0.15) is 11.8 Å². The Morgan fingerprint density at radius 1 is 1.44 bits per heavy atom. The molecule has 1 fully saturated rings. The predicted molar refractivity (Wildman–Crippen MR) is 105 cm³/mol. The van der Waals surface area contributed by atoms with Crippen LogP contribution in [-0.2, 0) is 11.2 Å². The first-order chi connectivity index (χ1) is 12.0. The van der Waals surface area contributed by atoms with Crippen molar-refractivity contribution in [2.24, 2.45) is 4.99 Å². The number of nitrogens with one attached hydrogen (secondary N) is 2. The van der Waals surface area contributed by atoms with Crippen molar-refractivity contribution in [3.63, 3.8) is 0 Å². The standard InChI is InChI=1S/C18H29N5OS/c1-18(9-6-12-25-18)14-22-17(19-2)21-13-16(24)23(3)11-8-15-7-4-5-10-20-15/h4-5,7,10H,6,8-9,11-14H2,1-3H3,(H2,19,21,22). The number of nitrogens with zero attached hydrogens (tertiary/aromatic N) is 3. The van der Waals surface area contributed by atoms with E-state index in [1.165, 1.54) is 18.6 Å². The molecular weight excluding hydrogens is 334 g/mol. The summed E-state index contributed by atoms with van der Waals surface area (Å²) in [7, 11) is 3.55. The molecule has 0 saturated carbocycles. The van der Waals surface area contributed by atoms with Gasteiger partial charge in [-0.1, -0.05) is 6.07 Å². The molecule has 1 unspecified atom stereocenters. The zero-order valence-corrected chi connectivity index (χ0v) is 16.2. The number of carbonyl (C=O) groups excluding carboxylic acids is 1. The second-order valence-corrected chi connectivity index (χ2v) is 8.25. The second kappa shape index (κ2) is 9.65. The number of hydrogen-bond donors (Lipinski definition) is 2. The maximum absolute atomic E-state index is 12.3. The van der Waals surface area contributed by atoms with Crippen LogP contribution in [0, 0.1) is 0 Å². The summed E-state index contributed by atoms with van der Waals surface area (Å²) in [5, 5.41) is 6.45. The van der Waals surface area contributed by atoms with Gasteiger partial charge in [-0.25, -0.2) is 0 Å². The van der Waals surface area contributed by atoms with Crippen LogP contribution in [0.25, 0.3) is 0 Å². The zero-order chi connectivity index (χ0) is 18.1. The minimum Gasteiger partial charge on any atom is -0.355 e. The maximum atomic E-state index is 12.3. The molecule has 6 nitrogen and oxygen atoms in total. The molecule has 1 aliphatic heterocycles. The van der Waals surface area contributed by atoms with E-state index in [1.54, 1.807) is 18.1 Å². The largest absolute Gasteiger partial charge is 0.355 e. The van der Waals surface area contributed by atoms with Gasteiger partial charge in [0.1, 0.15) is 0 Å². The lowest BCUT2D eigenvalue weighted by molar-refractivity contribution is -0.128. The van der Waals surface area contributed by atoms with Crippen LogP contribution in [0.4, 0.5) is 0 Å². The summed E-state index contributed by atoms with van der Waals surface area (Å²) in [5.74, 6) is 1.95. The highest BCUT2D eigenvalue weighted by Crippen LogP contribution is 2.36. The van der Waals surface area contributed by atoms with E-state index in [4.69, 9.17) is 0 Å². The van der Waals surface area contributed by atoms with E-state index in [1.807, 2.05) is 37.0 Å². The van der Waals surface area contributed by atoms with Crippen LogP contribution in [0.1, 0.15) is 25.5 Å². The Bertz CT molecular complexity index is 572. The third-order valence-electron chi connectivity index (χ3n) is 4.42. The third-order valence-corrected chi connectivity index (χ3v) is 5.95. The molecule has 0 radical (unpaired) electrons. The SMILES string of the molecule is CN=C(NCC(=O)N(C)CCc1ccccn1)NCC1(C)CCCS1. The molecule has 1 aliphatic rings. The van der Waals surface area contributed by atoms with Crippen molar-refractivity contribution >= 4 is 23.6 Å². The molecule has 1 atom stereocenters. The second-order valence-electron chi connectivity index (χ2n) is 6.57. The van der Waals surface area contributed by atoms with E-state index >= 15 is 0 Å². The number of rotatable bonds is 7. The molecule has 25 heavy (non-hydrogen) atoms. The molecule has 1 aromatic rings. The first-order valence-corrected chi connectivity index (χ1v) is 9.73. The minimum absolute atomic E-state index is 0.0420. The number of hydrogen-bond acceptors (Lipinski definition) is 4. The molecule has 2 rings (SSSR count). The van der Waals surface area contributed by atoms with Gasteiger partial charge in [0, 0.05) is 50.2 Å². The van der Waals surface area contributed by atoms with Crippen LogP contribution in [0.5, 0.6) is 0 Å². The molecule has 1 saturated heterocycles. The lowest BCUT2D eigenvalue weighted by Gasteiger charge is -2.24. The first kappa shape index (κ1) is 19.6. The van der Waals surface area contributed by atoms with Crippen molar-refractivity contribution in [3.05, 3.63) is 30.1 Å². The van der Waals surface area contributed by atoms with E-state index < -0.39 is 0 Å². The van der Waals surface area contributed by atoms with Crippen LogP contribution < -0.4 is 10.6 Å². The average molecular weight is 364 g/mol. The summed E-state index contributed by atoms with van der Waals surface area (Å²) >= 11 is 2.00. The van der Waals surface area contributed by atoms with Gasteiger partial charge in [-0.15, -0.1) is 0 Å². The van der Waals surface area contributed by atoms with Crippen molar-refractivity contribution in [2.45, 2.75) is 30.9 Å². The summed E-state index contributed by atoms with van der Waals surface area (Å²) in [6.07, 6.45) is 5.02. The van der Waals surface area contributed by atoms with E-state index in [9.17, 15) is 4.79 Å². The number of pyridine rings is 1. The normalized spacial score (nSPS) is 20.4. The Labute approximate surface area is 154 Å². The number of likely N-dealkylation sites (N-methyl/N-ethyl adjacent to an activating group) is 1. The van der Waals surface area contributed by atoms with Gasteiger partial charge in [0.15, 0.2) is 5.96 Å². The lowest BCUT2D eigenvalue weighted by atomic mass is 10.1. The number of guanidine groups is 1. The van der Waals surface area contributed by atoms with Crippen LogP contribution in [0.2, 0.25) is 0 Å². The fourth-order valence-corrected chi connectivity index (χ4v) is 3.96. The van der Waals surface area contributed by atoms with Crippen LogP contribution >= 0.6 is 11.8 Å². The van der Waals surface area contributed by atoms with Gasteiger partial charge < -0.3 is 15.5 Å². The Kier molecular flexibility index (Phi) is 7.55. The summed E-state index contributed by atoms with van der Waals surface area (Å²) < 4.78 is 0.265. The number of amides is 1. The lowest BCUT2D eigenvalue weighted by Crippen LogP contribution is -2.47. The van der Waals surface area contributed by atoms with Crippen molar-refractivity contribution in [3.8, 4) is 0 Å². The van der Waals surface area contributed by atoms with Crippen molar-refractivity contribution in [1.29, 1.82) is 0 Å². The summed E-state index contributed by atoms with van der Waals surface area (Å²) in [5.41, 5.74) is 0.995. The highest BCUT2D eigenvalue weighted by atomic mass is 32.2. The van der Waals surface area contributed by atoms with E-state index in [0.717, 1.165) is 18.7 Å². The number of aromatic nitrogens is 1. The molecule has 138 valence electrons. The summed E-state index contributed by atoms with van der Waals surface area (Å²) in [4.78, 5) is 22.5. The zero-order valence-electron chi connectivity index (χ0n) is 15.4. The minimum atomic E-state index is 0.0420. The Morgan fingerprint density at radius 2 is 2.28 bits per heavy atom. The van der Waals surface area contributed by atoms with Crippen LogP contribution in [0.15, 0.2) is 29.4 Å². The quantitative estimate of drug-likeness (QED) is 0.568. The highest BCUT2D eigenvalue weighted by Gasteiger charge is 2.29. The predicted octanol–water partition coefficient (Wildman–Crippen LogP) is 1.53. The molecule has 7 heteroatoms. The monoisotopic (exact) mass is 363 g/mol. The van der Waals surface area contributed by atoms with Crippen LogP contribution in [-0.4, -0.2) is 66.0 Å². The van der Waals surface area contributed by atoms with Gasteiger partial charge in [0.25, 0.3) is 0 Å². The smallest absolute Gasteiger partial charge is 0.241 e. The molecular formula is C18H29N5OS. The third kappa shape index (κ3) is 6.57. The first-order valence-electron chi connectivity index (χ1n) is 8.75. The molecule has 0 spiro atoms. The molecule has 0 bridgehead atoms. The van der Waals surface area contributed by atoms with Gasteiger partial charge >= 0.3 is 0 Å². The molecule has 0 aliphatic carbocycles. The summed E-state index contributed by atoms with van der Waals surface area (Å²) in [6.45, 7) is 4.03. The van der Waals surface area contributed by atoms with E-state index in [2.05, 4.69) is 27.5 Å². The van der Waals surface area contributed by atoms with Gasteiger partial charge in [0.2, 0.25) is 5.91 Å². The number of aliphatic imine (C=N–C) groups is 1. The van der Waals surface area contributed by atoms with E-state index in [0.29, 0.717) is 12.5 Å². The van der Waals surface area contributed by atoms with E-state index in [-0.39, 0.29) is 17.2 Å². The number of carbonyl (C=O) groups is 1. The topological polar surface area (TPSA) is 69.6 Å². The maximum Gasteiger partial charge on any atom is 0.241 e. The molecule has 2 N–H and O–H groups in total. The van der Waals surface area contributed by atoms with Gasteiger partial charge in [-0.05, 0) is 37.7 Å². The van der Waals surface area contributed by atoms with Crippen molar-refractivity contribution < 1.29 is 4.79 Å². The van der Waals surface area contributed by atoms with Crippen molar-refractivity contribution in [1.82, 2.24) is 20.5 Å². The fourth-order valence-electron chi connectivity index (χ4n) is 2.71. The summed E-state index contributed by atoms with van der Waals surface area (Å²) in [6, 6.07) is 5.83.